The van der Waals surface area contributed by atoms with Crippen molar-refractivity contribution in [3.63, 3.8) is 0 Å². The molecule has 0 aliphatic heterocycles. The van der Waals surface area contributed by atoms with Gasteiger partial charge in [-0.25, -0.2) is 0 Å². The second-order valence-electron chi connectivity index (χ2n) is 7.57. The summed E-state index contributed by atoms with van der Waals surface area (Å²) < 4.78 is 5.77. The first-order chi connectivity index (χ1) is 13.6. The topological polar surface area (TPSA) is 111 Å². The van der Waals surface area contributed by atoms with Crippen molar-refractivity contribution in [2.75, 3.05) is 0 Å². The van der Waals surface area contributed by atoms with Gasteiger partial charge in [-0.2, -0.15) is 0 Å². The average molecular weight is 396 g/mol. The highest BCUT2D eigenvalue weighted by molar-refractivity contribution is 5.99. The van der Waals surface area contributed by atoms with Gasteiger partial charge in [-0.15, -0.1) is 0 Å². The van der Waals surface area contributed by atoms with E-state index in [0.29, 0.717) is 12.0 Å². The average Bonchev–Trinajstić information content (AvgIpc) is 2.64. The Kier molecular flexibility index (Phi) is 5.29. The molecule has 3 aromatic rings. The molecule has 0 spiro atoms. The largest absolute Gasteiger partial charge is 0.508 e. The van der Waals surface area contributed by atoms with E-state index in [1.807, 2.05) is 33.8 Å². The van der Waals surface area contributed by atoms with Crippen LogP contribution in [0.5, 0.6) is 23.0 Å². The maximum Gasteiger partial charge on any atom is 0.204 e. The van der Waals surface area contributed by atoms with Crippen LogP contribution in [0.3, 0.4) is 0 Å². The molecule has 0 radical (unpaired) electrons. The Morgan fingerprint density at radius 3 is 2.00 bits per heavy atom. The molecule has 0 bridgehead atoms. The standard InChI is InChI=1S/C23H24O6/c1-11(2)5-7-13-16(24)10-9-15-19(26)17-18(25)14(8-6-12(3)4)20(27)21(28)23(17)29-22(13)15/h5-6,9-10,24-25,27-28H,7-8H2,1-4H3. The molecule has 0 aliphatic carbocycles. The Balaban J connectivity index is 2.43. The fraction of sp³-hybridized carbons (Fsp3) is 0.261. The molecule has 1 heterocycles. The molecule has 1 aromatic heterocycles. The lowest BCUT2D eigenvalue weighted by atomic mass is 10.00. The van der Waals surface area contributed by atoms with Crippen LogP contribution < -0.4 is 5.43 Å². The summed E-state index contributed by atoms with van der Waals surface area (Å²) in [5.74, 6) is -1.64. The lowest BCUT2D eigenvalue weighted by molar-refractivity contribution is 0.390. The van der Waals surface area contributed by atoms with Gasteiger partial charge in [0.05, 0.1) is 5.39 Å². The predicted octanol–water partition coefficient (Wildman–Crippen LogP) is 4.79. The number of fused-ring (bicyclic) bond motifs is 2. The van der Waals surface area contributed by atoms with Crippen LogP contribution in [0.4, 0.5) is 0 Å². The fourth-order valence-electron chi connectivity index (χ4n) is 3.20. The summed E-state index contributed by atoms with van der Waals surface area (Å²) in [6.45, 7) is 7.53. The third-order valence-electron chi connectivity index (χ3n) is 4.82. The van der Waals surface area contributed by atoms with Crippen molar-refractivity contribution >= 4 is 21.9 Å². The second kappa shape index (κ2) is 7.54. The molecule has 0 amide bonds. The van der Waals surface area contributed by atoms with Crippen molar-refractivity contribution in [1.82, 2.24) is 0 Å². The van der Waals surface area contributed by atoms with Gasteiger partial charge >= 0.3 is 0 Å². The number of phenolic OH excluding ortho intramolecular Hbond substituents is 4. The summed E-state index contributed by atoms with van der Waals surface area (Å²) in [7, 11) is 0. The van der Waals surface area contributed by atoms with Crippen molar-refractivity contribution in [3.05, 3.63) is 56.8 Å². The van der Waals surface area contributed by atoms with E-state index in [1.165, 1.54) is 12.1 Å². The highest BCUT2D eigenvalue weighted by Gasteiger charge is 2.24. The van der Waals surface area contributed by atoms with Gasteiger partial charge in [-0.3, -0.25) is 4.79 Å². The summed E-state index contributed by atoms with van der Waals surface area (Å²) in [6.07, 6.45) is 4.09. The SMILES string of the molecule is CC(C)=CCc1c(O)c(O)c2oc3c(CC=C(C)C)c(O)ccc3c(=O)c2c1O. The zero-order valence-corrected chi connectivity index (χ0v) is 16.8. The highest BCUT2D eigenvalue weighted by Crippen LogP contribution is 2.44. The third-order valence-corrected chi connectivity index (χ3v) is 4.82. The van der Waals surface area contributed by atoms with E-state index in [4.69, 9.17) is 4.42 Å². The Bertz CT molecular complexity index is 1240. The maximum absolute atomic E-state index is 13.1. The second-order valence-corrected chi connectivity index (χ2v) is 7.57. The quantitative estimate of drug-likeness (QED) is 0.218. The minimum absolute atomic E-state index is 0.0476. The molecule has 3 rings (SSSR count). The smallest absolute Gasteiger partial charge is 0.204 e. The maximum atomic E-state index is 13.1. The van der Waals surface area contributed by atoms with Crippen LogP contribution in [0, 0.1) is 0 Å². The Morgan fingerprint density at radius 1 is 0.828 bits per heavy atom. The van der Waals surface area contributed by atoms with E-state index in [2.05, 4.69) is 0 Å². The zero-order valence-electron chi connectivity index (χ0n) is 16.8. The Labute approximate surface area is 167 Å². The van der Waals surface area contributed by atoms with E-state index < -0.39 is 22.7 Å². The van der Waals surface area contributed by atoms with E-state index in [9.17, 15) is 25.2 Å². The van der Waals surface area contributed by atoms with Gasteiger partial charge in [0.1, 0.15) is 22.5 Å². The van der Waals surface area contributed by atoms with Crippen molar-refractivity contribution in [2.45, 2.75) is 40.5 Å². The van der Waals surface area contributed by atoms with Gasteiger partial charge in [0, 0.05) is 11.1 Å². The van der Waals surface area contributed by atoms with Crippen LogP contribution in [0.15, 0.2) is 44.6 Å². The van der Waals surface area contributed by atoms with Crippen LogP contribution >= 0.6 is 0 Å². The molecule has 0 unspecified atom stereocenters. The first-order valence-electron chi connectivity index (χ1n) is 9.27. The van der Waals surface area contributed by atoms with Crippen LogP contribution in [-0.2, 0) is 12.8 Å². The minimum Gasteiger partial charge on any atom is -0.508 e. The van der Waals surface area contributed by atoms with Crippen LogP contribution in [0.2, 0.25) is 0 Å². The van der Waals surface area contributed by atoms with Crippen molar-refractivity contribution in [3.8, 4) is 23.0 Å². The van der Waals surface area contributed by atoms with Crippen molar-refractivity contribution < 1.29 is 24.8 Å². The summed E-state index contributed by atoms with van der Waals surface area (Å²) in [4.78, 5) is 13.1. The molecule has 4 N–H and O–H groups in total. The van der Waals surface area contributed by atoms with Crippen molar-refractivity contribution in [2.24, 2.45) is 0 Å². The third kappa shape index (κ3) is 3.53. The molecular weight excluding hydrogens is 372 g/mol. The van der Waals surface area contributed by atoms with Crippen LogP contribution in [0.25, 0.3) is 21.9 Å². The molecular formula is C23H24O6. The minimum atomic E-state index is -0.620. The lowest BCUT2D eigenvalue weighted by Crippen LogP contribution is -2.05. The molecule has 0 atom stereocenters. The molecule has 0 aliphatic rings. The molecule has 2 aromatic carbocycles. The van der Waals surface area contributed by atoms with E-state index in [-0.39, 0.29) is 39.7 Å². The summed E-state index contributed by atoms with van der Waals surface area (Å²) in [5, 5.41) is 41.8. The first kappa shape index (κ1) is 20.3. The number of aromatic hydroxyl groups is 4. The normalized spacial score (nSPS) is 11.0. The van der Waals surface area contributed by atoms with Crippen molar-refractivity contribution in [1.29, 1.82) is 0 Å². The fourth-order valence-corrected chi connectivity index (χ4v) is 3.20. The number of hydrogen-bond donors (Lipinski definition) is 4. The molecule has 0 saturated heterocycles. The number of hydrogen-bond acceptors (Lipinski definition) is 6. The number of allylic oxidation sites excluding steroid dienone is 4. The molecule has 0 saturated carbocycles. The highest BCUT2D eigenvalue weighted by atomic mass is 16.4. The summed E-state index contributed by atoms with van der Waals surface area (Å²) in [5.41, 5.74) is 1.64. The molecule has 152 valence electrons. The van der Waals surface area contributed by atoms with E-state index in [0.717, 1.165) is 11.1 Å². The van der Waals surface area contributed by atoms with Gasteiger partial charge in [0.15, 0.2) is 11.3 Å². The van der Waals surface area contributed by atoms with Crippen LogP contribution in [-0.4, -0.2) is 20.4 Å². The lowest BCUT2D eigenvalue weighted by Gasteiger charge is -2.13. The predicted molar refractivity (Wildman–Crippen MR) is 113 cm³/mol. The molecule has 6 nitrogen and oxygen atoms in total. The number of phenols is 4. The van der Waals surface area contributed by atoms with E-state index >= 15 is 0 Å². The Hall–Kier alpha value is -3.41. The molecule has 29 heavy (non-hydrogen) atoms. The van der Waals surface area contributed by atoms with E-state index in [1.54, 1.807) is 6.08 Å². The van der Waals surface area contributed by atoms with Crippen LogP contribution in [0.1, 0.15) is 38.8 Å². The van der Waals surface area contributed by atoms with Gasteiger partial charge in [0.25, 0.3) is 0 Å². The number of benzene rings is 2. The summed E-state index contributed by atoms with van der Waals surface area (Å²) >= 11 is 0. The number of rotatable bonds is 4. The monoisotopic (exact) mass is 396 g/mol. The molecule has 0 fully saturated rings. The first-order valence-corrected chi connectivity index (χ1v) is 9.27. The summed E-state index contributed by atoms with van der Waals surface area (Å²) in [6, 6.07) is 2.82. The van der Waals surface area contributed by atoms with Gasteiger partial charge in [-0.1, -0.05) is 23.3 Å². The Morgan fingerprint density at radius 2 is 1.41 bits per heavy atom. The van der Waals surface area contributed by atoms with Gasteiger partial charge in [-0.05, 0) is 52.7 Å². The zero-order chi connectivity index (χ0) is 21.5. The van der Waals surface area contributed by atoms with Gasteiger partial charge < -0.3 is 24.8 Å². The molecule has 6 heteroatoms. The van der Waals surface area contributed by atoms with Gasteiger partial charge in [0.2, 0.25) is 11.2 Å².